The van der Waals surface area contributed by atoms with E-state index in [2.05, 4.69) is 24.5 Å². The molecular weight excluding hydrogens is 452 g/mol. The number of thioether (sulfide) groups is 1. The van der Waals surface area contributed by atoms with E-state index in [-0.39, 0.29) is 23.1 Å². The highest BCUT2D eigenvalue weighted by Gasteiger charge is 2.44. The van der Waals surface area contributed by atoms with E-state index >= 15 is 0 Å². The number of hydrogen-bond acceptors (Lipinski definition) is 6. The van der Waals surface area contributed by atoms with Crippen LogP contribution < -0.4 is 16.4 Å². The third-order valence-corrected chi connectivity index (χ3v) is 8.08. The Hall–Kier alpha value is -1.48. The number of alkyl carbamates (subject to hydrolysis) is 1. The molecule has 1 saturated carbocycles. The fourth-order valence-electron chi connectivity index (χ4n) is 4.90. The molecule has 0 aromatic heterocycles. The summed E-state index contributed by atoms with van der Waals surface area (Å²) in [6.07, 6.45) is 6.58. The molecule has 2 atom stereocenters. The van der Waals surface area contributed by atoms with Crippen LogP contribution in [0.1, 0.15) is 86.0 Å². The maximum Gasteiger partial charge on any atom is 0.407 e. The summed E-state index contributed by atoms with van der Waals surface area (Å²) in [5.74, 6) is 0.134. The number of amides is 3. The molecule has 3 amide bonds. The molecule has 2 fully saturated rings. The van der Waals surface area contributed by atoms with Crippen LogP contribution >= 0.6 is 11.8 Å². The zero-order valence-electron chi connectivity index (χ0n) is 21.7. The molecule has 1 aliphatic heterocycles. The van der Waals surface area contributed by atoms with E-state index in [1.165, 1.54) is 0 Å². The SMILES string of the molecule is CCCCOC(=O)N[C@@H](C(=O)N1CCC[C@H]1C(=O)NC[C@H]1CC[C@H](N)CC1)C(C)(C)SC(C)C. The first-order valence-corrected chi connectivity index (χ1v) is 13.9. The highest BCUT2D eigenvalue weighted by atomic mass is 32.2. The first-order chi connectivity index (χ1) is 16.0. The van der Waals surface area contributed by atoms with E-state index in [0.29, 0.717) is 32.0 Å². The molecule has 196 valence electrons. The summed E-state index contributed by atoms with van der Waals surface area (Å²) < 4.78 is 4.73. The summed E-state index contributed by atoms with van der Waals surface area (Å²) >= 11 is 1.63. The van der Waals surface area contributed by atoms with Crippen molar-refractivity contribution in [2.24, 2.45) is 11.7 Å². The number of nitrogens with zero attached hydrogens (tertiary/aromatic N) is 1. The fraction of sp³-hybridized carbons (Fsp3) is 0.880. The summed E-state index contributed by atoms with van der Waals surface area (Å²) in [5, 5.41) is 6.18. The molecule has 4 N–H and O–H groups in total. The van der Waals surface area contributed by atoms with Crippen molar-refractivity contribution in [2.45, 2.75) is 114 Å². The third kappa shape index (κ3) is 8.63. The topological polar surface area (TPSA) is 114 Å². The van der Waals surface area contributed by atoms with Crippen molar-refractivity contribution in [3.8, 4) is 0 Å². The van der Waals surface area contributed by atoms with E-state index < -0.39 is 22.9 Å². The maximum atomic E-state index is 13.7. The molecule has 2 rings (SSSR count). The Labute approximate surface area is 209 Å². The van der Waals surface area contributed by atoms with Crippen LogP contribution in [0.5, 0.6) is 0 Å². The lowest BCUT2D eigenvalue weighted by Crippen LogP contribution is -2.60. The Bertz CT molecular complexity index is 680. The average molecular weight is 499 g/mol. The monoisotopic (exact) mass is 498 g/mol. The Morgan fingerprint density at radius 3 is 2.44 bits per heavy atom. The number of ether oxygens (including phenoxy) is 1. The number of carbonyl (C=O) groups excluding carboxylic acids is 3. The summed E-state index contributed by atoms with van der Waals surface area (Å²) in [4.78, 5) is 41.0. The summed E-state index contributed by atoms with van der Waals surface area (Å²) in [7, 11) is 0. The Kier molecular flexibility index (Phi) is 11.5. The van der Waals surface area contributed by atoms with Gasteiger partial charge >= 0.3 is 6.09 Å². The minimum absolute atomic E-state index is 0.0979. The van der Waals surface area contributed by atoms with E-state index in [0.717, 1.165) is 44.9 Å². The third-order valence-electron chi connectivity index (χ3n) is 6.77. The van der Waals surface area contributed by atoms with Gasteiger partial charge in [0.2, 0.25) is 11.8 Å². The van der Waals surface area contributed by atoms with Crippen molar-refractivity contribution in [3.63, 3.8) is 0 Å². The van der Waals surface area contributed by atoms with Crippen molar-refractivity contribution in [3.05, 3.63) is 0 Å². The van der Waals surface area contributed by atoms with Crippen LogP contribution in [0.3, 0.4) is 0 Å². The van der Waals surface area contributed by atoms with Crippen LogP contribution in [0.15, 0.2) is 0 Å². The van der Waals surface area contributed by atoms with Crippen molar-refractivity contribution < 1.29 is 19.1 Å². The molecule has 1 saturated heterocycles. The quantitative estimate of drug-likeness (QED) is 0.376. The standard InChI is InChI=1S/C25H46N4O4S/c1-6-7-15-33-24(32)28-21(25(4,5)34-17(2)3)23(31)29-14-8-9-20(29)22(30)27-16-18-10-12-19(26)13-11-18/h17-21H,6-16,26H2,1-5H3,(H,27,30)(H,28,32)/t18-,19-,20-,21-/m0/s1. The van der Waals surface area contributed by atoms with Gasteiger partial charge in [-0.1, -0.05) is 27.2 Å². The molecule has 0 spiro atoms. The second-order valence-corrected chi connectivity index (χ2v) is 12.8. The molecule has 9 heteroatoms. The lowest BCUT2D eigenvalue weighted by atomic mass is 9.86. The molecule has 0 aromatic carbocycles. The summed E-state index contributed by atoms with van der Waals surface area (Å²) in [5.41, 5.74) is 5.99. The molecule has 0 bridgehead atoms. The van der Waals surface area contributed by atoms with E-state index in [9.17, 15) is 14.4 Å². The molecule has 34 heavy (non-hydrogen) atoms. The zero-order chi connectivity index (χ0) is 25.3. The Morgan fingerprint density at radius 1 is 1.15 bits per heavy atom. The van der Waals surface area contributed by atoms with Gasteiger partial charge in [0.25, 0.3) is 0 Å². The van der Waals surface area contributed by atoms with Gasteiger partial charge in [-0.25, -0.2) is 4.79 Å². The largest absolute Gasteiger partial charge is 0.450 e. The van der Waals surface area contributed by atoms with Crippen LogP contribution in [0.2, 0.25) is 0 Å². The van der Waals surface area contributed by atoms with Crippen LogP contribution in [0.4, 0.5) is 4.79 Å². The Morgan fingerprint density at radius 2 is 1.82 bits per heavy atom. The predicted molar refractivity (Wildman–Crippen MR) is 138 cm³/mol. The minimum Gasteiger partial charge on any atom is -0.450 e. The van der Waals surface area contributed by atoms with E-state index in [1.807, 2.05) is 20.8 Å². The molecule has 0 aromatic rings. The van der Waals surface area contributed by atoms with Gasteiger partial charge in [0.15, 0.2) is 0 Å². The first-order valence-electron chi connectivity index (χ1n) is 13.0. The number of hydrogen-bond donors (Lipinski definition) is 3. The van der Waals surface area contributed by atoms with Gasteiger partial charge in [-0.15, -0.1) is 0 Å². The fourth-order valence-corrected chi connectivity index (χ4v) is 6.41. The second kappa shape index (κ2) is 13.6. The van der Waals surface area contributed by atoms with E-state index in [1.54, 1.807) is 16.7 Å². The maximum absolute atomic E-state index is 13.7. The molecule has 2 aliphatic rings. The average Bonchev–Trinajstić information content (AvgIpc) is 3.26. The molecule has 1 heterocycles. The second-order valence-electron chi connectivity index (χ2n) is 10.6. The number of unbranched alkanes of at least 4 members (excludes halogenated alkanes) is 1. The normalized spacial score (nSPS) is 24.1. The van der Waals surface area contributed by atoms with Crippen molar-refractivity contribution in [1.29, 1.82) is 0 Å². The lowest BCUT2D eigenvalue weighted by molar-refractivity contribution is -0.140. The lowest BCUT2D eigenvalue weighted by Gasteiger charge is -2.38. The number of nitrogens with two attached hydrogens (primary N) is 1. The van der Waals surface area contributed by atoms with Gasteiger partial charge in [-0.05, 0) is 70.0 Å². The minimum atomic E-state index is -0.790. The van der Waals surface area contributed by atoms with Gasteiger partial charge in [0.1, 0.15) is 12.1 Å². The van der Waals surface area contributed by atoms with Gasteiger partial charge in [-0.2, -0.15) is 11.8 Å². The Balaban J connectivity index is 2.06. The molecule has 0 radical (unpaired) electrons. The van der Waals surface area contributed by atoms with Crippen LogP contribution in [-0.2, 0) is 14.3 Å². The summed E-state index contributed by atoms with van der Waals surface area (Å²) in [6.45, 7) is 11.6. The summed E-state index contributed by atoms with van der Waals surface area (Å²) in [6, 6.07) is -1.01. The predicted octanol–water partition coefficient (Wildman–Crippen LogP) is 3.43. The number of carbonyl (C=O) groups is 3. The highest BCUT2D eigenvalue weighted by molar-refractivity contribution is 8.01. The van der Waals surface area contributed by atoms with Crippen LogP contribution in [-0.4, -0.2) is 70.6 Å². The van der Waals surface area contributed by atoms with Crippen LogP contribution in [0, 0.1) is 5.92 Å². The molecule has 8 nitrogen and oxygen atoms in total. The van der Waals surface area contributed by atoms with Gasteiger partial charge in [-0.3, -0.25) is 9.59 Å². The van der Waals surface area contributed by atoms with Crippen LogP contribution in [0.25, 0.3) is 0 Å². The van der Waals surface area contributed by atoms with Gasteiger partial charge in [0.05, 0.1) is 6.61 Å². The van der Waals surface area contributed by atoms with E-state index in [4.69, 9.17) is 10.5 Å². The first kappa shape index (κ1) is 28.8. The van der Waals surface area contributed by atoms with Gasteiger partial charge in [0, 0.05) is 23.9 Å². The van der Waals surface area contributed by atoms with Crippen molar-refractivity contribution in [1.82, 2.24) is 15.5 Å². The highest BCUT2D eigenvalue weighted by Crippen LogP contribution is 2.34. The number of rotatable bonds is 11. The zero-order valence-corrected chi connectivity index (χ0v) is 22.5. The van der Waals surface area contributed by atoms with Crippen molar-refractivity contribution in [2.75, 3.05) is 19.7 Å². The van der Waals surface area contributed by atoms with Crippen molar-refractivity contribution >= 4 is 29.7 Å². The van der Waals surface area contributed by atoms with Gasteiger partial charge < -0.3 is 26.0 Å². The molecular formula is C25H46N4O4S. The molecule has 1 aliphatic carbocycles. The number of likely N-dealkylation sites (tertiary alicyclic amines) is 1. The number of nitrogens with one attached hydrogen (secondary N) is 2. The molecule has 0 unspecified atom stereocenters. The smallest absolute Gasteiger partial charge is 0.407 e.